The number of nitrogens with zero attached hydrogens (tertiary/aromatic N) is 1. The van der Waals surface area contributed by atoms with Gasteiger partial charge in [0.2, 0.25) is 0 Å². The van der Waals surface area contributed by atoms with Gasteiger partial charge < -0.3 is 4.90 Å². The van der Waals surface area contributed by atoms with E-state index in [9.17, 15) is 13.2 Å². The fraction of sp³-hybridized carbons (Fsp3) is 0.533. The van der Waals surface area contributed by atoms with Crippen molar-refractivity contribution in [3.05, 3.63) is 34.4 Å². The fourth-order valence-electron chi connectivity index (χ4n) is 2.63. The van der Waals surface area contributed by atoms with Gasteiger partial charge in [0.15, 0.2) is 9.84 Å². The number of rotatable bonds is 2. The van der Waals surface area contributed by atoms with Crippen LogP contribution in [0.2, 0.25) is 0 Å². The third-order valence-electron chi connectivity index (χ3n) is 4.15. The van der Waals surface area contributed by atoms with Gasteiger partial charge in [-0.1, -0.05) is 6.07 Å². The molecule has 1 heterocycles. The molecule has 1 atom stereocenters. The van der Waals surface area contributed by atoms with E-state index in [0.29, 0.717) is 12.0 Å². The second-order valence-electron chi connectivity index (χ2n) is 5.72. The first-order chi connectivity index (χ1) is 9.21. The molecule has 4 nitrogen and oxygen atoms in total. The van der Waals surface area contributed by atoms with Crippen molar-refractivity contribution < 1.29 is 13.2 Å². The van der Waals surface area contributed by atoms with Gasteiger partial charge in [0.1, 0.15) is 0 Å². The molecule has 1 aromatic rings. The Kier molecular flexibility index (Phi) is 3.91. The molecule has 1 fully saturated rings. The average molecular weight is 295 g/mol. The number of amides is 1. The Balaban J connectivity index is 2.26. The summed E-state index contributed by atoms with van der Waals surface area (Å²) < 4.78 is 23.1. The molecule has 2 rings (SSSR count). The number of aryl methyl sites for hydroxylation is 3. The number of carbonyl (C=O) groups is 1. The van der Waals surface area contributed by atoms with Crippen LogP contribution in [-0.4, -0.2) is 43.8 Å². The number of benzene rings is 1. The highest BCUT2D eigenvalue weighted by Gasteiger charge is 2.33. The molecular formula is C15H21NO3S. The van der Waals surface area contributed by atoms with Crippen LogP contribution in [0, 0.1) is 20.8 Å². The molecule has 20 heavy (non-hydrogen) atoms. The molecule has 5 heteroatoms. The molecule has 0 bridgehead atoms. The lowest BCUT2D eigenvalue weighted by Gasteiger charge is -2.24. The van der Waals surface area contributed by atoms with E-state index in [-0.39, 0.29) is 23.5 Å². The van der Waals surface area contributed by atoms with Crippen LogP contribution < -0.4 is 0 Å². The molecule has 0 aliphatic carbocycles. The smallest absolute Gasteiger partial charge is 0.254 e. The topological polar surface area (TPSA) is 54.5 Å². The molecule has 110 valence electrons. The third kappa shape index (κ3) is 2.87. The highest BCUT2D eigenvalue weighted by molar-refractivity contribution is 7.91. The second kappa shape index (κ2) is 5.20. The monoisotopic (exact) mass is 295 g/mol. The number of hydrogen-bond donors (Lipinski definition) is 0. The van der Waals surface area contributed by atoms with E-state index in [0.717, 1.165) is 16.7 Å². The maximum absolute atomic E-state index is 12.6. The molecular weight excluding hydrogens is 274 g/mol. The summed E-state index contributed by atoms with van der Waals surface area (Å²) in [6.45, 7) is 5.91. The Hall–Kier alpha value is -1.36. The largest absolute Gasteiger partial charge is 0.338 e. The Morgan fingerprint density at radius 3 is 2.30 bits per heavy atom. The van der Waals surface area contributed by atoms with Gasteiger partial charge in [-0.3, -0.25) is 4.79 Å². The van der Waals surface area contributed by atoms with Crippen LogP contribution in [0.1, 0.15) is 33.5 Å². The van der Waals surface area contributed by atoms with E-state index in [1.165, 1.54) is 0 Å². The summed E-state index contributed by atoms with van der Waals surface area (Å²) in [6, 6.07) is 3.70. The minimum atomic E-state index is -2.98. The molecule has 1 amide bonds. The Morgan fingerprint density at radius 2 is 1.75 bits per heavy atom. The van der Waals surface area contributed by atoms with Crippen LogP contribution in [0.4, 0.5) is 0 Å². The zero-order valence-electron chi connectivity index (χ0n) is 12.4. The lowest BCUT2D eigenvalue weighted by Crippen LogP contribution is -2.38. The molecule has 1 aliphatic heterocycles. The Labute approximate surface area is 120 Å². The molecule has 0 N–H and O–H groups in total. The molecule has 1 aliphatic rings. The average Bonchev–Trinajstić information content (AvgIpc) is 2.72. The van der Waals surface area contributed by atoms with Crippen molar-refractivity contribution in [3.8, 4) is 0 Å². The first kappa shape index (κ1) is 15.0. The van der Waals surface area contributed by atoms with Crippen LogP contribution in [0.15, 0.2) is 12.1 Å². The highest BCUT2D eigenvalue weighted by atomic mass is 32.2. The summed E-state index contributed by atoms with van der Waals surface area (Å²) in [4.78, 5) is 14.1. The number of carbonyl (C=O) groups excluding carboxylic acids is 1. The van der Waals surface area contributed by atoms with E-state index in [4.69, 9.17) is 0 Å². The summed E-state index contributed by atoms with van der Waals surface area (Å²) >= 11 is 0. The van der Waals surface area contributed by atoms with Crippen molar-refractivity contribution in [3.63, 3.8) is 0 Å². The zero-order chi connectivity index (χ0) is 15.1. The molecule has 1 unspecified atom stereocenters. The van der Waals surface area contributed by atoms with Crippen LogP contribution in [-0.2, 0) is 9.84 Å². The van der Waals surface area contributed by atoms with Crippen molar-refractivity contribution in [1.29, 1.82) is 0 Å². The van der Waals surface area contributed by atoms with Gasteiger partial charge in [0, 0.05) is 18.7 Å². The summed E-state index contributed by atoms with van der Waals surface area (Å²) in [7, 11) is -1.28. The molecule has 0 saturated carbocycles. The summed E-state index contributed by atoms with van der Waals surface area (Å²) in [6.07, 6.45) is 0.536. The second-order valence-corrected chi connectivity index (χ2v) is 7.95. The number of sulfone groups is 1. The van der Waals surface area contributed by atoms with Gasteiger partial charge in [-0.15, -0.1) is 0 Å². The lowest BCUT2D eigenvalue weighted by atomic mass is 9.99. The quantitative estimate of drug-likeness (QED) is 0.837. The van der Waals surface area contributed by atoms with Gasteiger partial charge in [-0.25, -0.2) is 8.42 Å². The van der Waals surface area contributed by atoms with Crippen LogP contribution in [0.5, 0.6) is 0 Å². The van der Waals surface area contributed by atoms with Crippen LogP contribution in [0.25, 0.3) is 0 Å². The zero-order valence-corrected chi connectivity index (χ0v) is 13.3. The first-order valence-electron chi connectivity index (χ1n) is 6.77. The summed E-state index contributed by atoms with van der Waals surface area (Å²) in [5, 5.41) is 0. The summed E-state index contributed by atoms with van der Waals surface area (Å²) in [5.74, 6) is 0.174. The van der Waals surface area contributed by atoms with Gasteiger partial charge >= 0.3 is 0 Å². The molecule has 0 spiro atoms. The summed E-state index contributed by atoms with van der Waals surface area (Å²) in [5.41, 5.74) is 3.84. The van der Waals surface area contributed by atoms with Crippen molar-refractivity contribution in [2.75, 3.05) is 18.6 Å². The normalized spacial score (nSPS) is 20.9. The maximum Gasteiger partial charge on any atom is 0.254 e. The minimum Gasteiger partial charge on any atom is -0.338 e. The molecule has 1 aromatic carbocycles. The van der Waals surface area contributed by atoms with Gasteiger partial charge in [0.05, 0.1) is 11.5 Å². The molecule has 0 radical (unpaired) electrons. The van der Waals surface area contributed by atoms with E-state index in [2.05, 4.69) is 0 Å². The lowest BCUT2D eigenvalue weighted by molar-refractivity contribution is 0.0747. The third-order valence-corrected chi connectivity index (χ3v) is 5.90. The molecule has 0 aromatic heterocycles. The van der Waals surface area contributed by atoms with E-state index in [1.54, 1.807) is 11.9 Å². The van der Waals surface area contributed by atoms with E-state index >= 15 is 0 Å². The fourth-order valence-corrected chi connectivity index (χ4v) is 4.40. The maximum atomic E-state index is 12.6. The van der Waals surface area contributed by atoms with Crippen molar-refractivity contribution in [2.45, 2.75) is 33.2 Å². The predicted molar refractivity (Wildman–Crippen MR) is 79.8 cm³/mol. The standard InChI is InChI=1S/C15H21NO3S/c1-10-7-12(3)14(8-11(10)2)15(17)16(4)13-5-6-20(18,19)9-13/h7-8,13H,5-6,9H2,1-4H3. The van der Waals surface area contributed by atoms with Gasteiger partial charge in [-0.2, -0.15) is 0 Å². The predicted octanol–water partition coefficient (Wildman–Crippen LogP) is 1.87. The highest BCUT2D eigenvalue weighted by Crippen LogP contribution is 2.21. The van der Waals surface area contributed by atoms with Crippen LogP contribution >= 0.6 is 0 Å². The van der Waals surface area contributed by atoms with Gasteiger partial charge in [0.25, 0.3) is 5.91 Å². The first-order valence-corrected chi connectivity index (χ1v) is 8.59. The Morgan fingerprint density at radius 1 is 1.15 bits per heavy atom. The minimum absolute atomic E-state index is 0.0825. The van der Waals surface area contributed by atoms with Crippen molar-refractivity contribution in [1.82, 2.24) is 4.90 Å². The van der Waals surface area contributed by atoms with Crippen molar-refractivity contribution >= 4 is 15.7 Å². The Bertz CT molecular complexity index is 649. The SMILES string of the molecule is Cc1cc(C)c(C(=O)N(C)C2CCS(=O)(=O)C2)cc1C. The van der Waals surface area contributed by atoms with Crippen LogP contribution in [0.3, 0.4) is 0 Å². The number of hydrogen-bond acceptors (Lipinski definition) is 3. The van der Waals surface area contributed by atoms with Gasteiger partial charge in [-0.05, 0) is 49.9 Å². The van der Waals surface area contributed by atoms with E-state index in [1.807, 2.05) is 32.9 Å². The van der Waals surface area contributed by atoms with E-state index < -0.39 is 9.84 Å². The molecule has 1 saturated heterocycles. The van der Waals surface area contributed by atoms with Crippen molar-refractivity contribution in [2.24, 2.45) is 0 Å².